The molecule has 7 nitrogen and oxygen atoms in total. The van der Waals surface area contributed by atoms with Gasteiger partial charge in [-0.3, -0.25) is 9.48 Å². The Kier molecular flexibility index (Phi) is 4.43. The van der Waals surface area contributed by atoms with Crippen LogP contribution in [-0.4, -0.2) is 32.7 Å². The quantitative estimate of drug-likeness (QED) is 0.473. The predicted octanol–water partition coefficient (Wildman–Crippen LogP) is 3.32. The van der Waals surface area contributed by atoms with Crippen molar-refractivity contribution in [1.82, 2.24) is 14.3 Å². The smallest absolute Gasteiger partial charge is 0.374 e. The summed E-state index contributed by atoms with van der Waals surface area (Å²) in [5, 5.41) is 4.09. The number of furan rings is 1. The van der Waals surface area contributed by atoms with E-state index in [1.165, 1.54) is 0 Å². The summed E-state index contributed by atoms with van der Waals surface area (Å²) in [6.07, 6.45) is 5.78. The zero-order valence-corrected chi connectivity index (χ0v) is 15.3. The Morgan fingerprint density at radius 2 is 2.11 bits per heavy atom. The molecule has 0 saturated heterocycles. The van der Waals surface area contributed by atoms with Crippen molar-refractivity contribution in [1.29, 1.82) is 0 Å². The van der Waals surface area contributed by atoms with E-state index in [1.807, 2.05) is 26.0 Å². The van der Waals surface area contributed by atoms with Gasteiger partial charge in [0.15, 0.2) is 6.61 Å². The van der Waals surface area contributed by atoms with Crippen LogP contribution < -0.4 is 0 Å². The highest BCUT2D eigenvalue weighted by Gasteiger charge is 2.28. The molecule has 1 fully saturated rings. The fourth-order valence-electron chi connectivity index (χ4n) is 3.36. The van der Waals surface area contributed by atoms with Gasteiger partial charge in [-0.25, -0.2) is 4.79 Å². The lowest BCUT2D eigenvalue weighted by Gasteiger charge is -2.07. The van der Waals surface area contributed by atoms with Gasteiger partial charge in [0, 0.05) is 35.4 Å². The van der Waals surface area contributed by atoms with E-state index >= 15 is 0 Å². The number of rotatable bonds is 7. The van der Waals surface area contributed by atoms with Crippen molar-refractivity contribution in [2.75, 3.05) is 6.61 Å². The van der Waals surface area contributed by atoms with Crippen molar-refractivity contribution in [3.05, 3.63) is 65.1 Å². The van der Waals surface area contributed by atoms with Crippen LogP contribution >= 0.6 is 0 Å². The van der Waals surface area contributed by atoms with Gasteiger partial charge in [-0.05, 0) is 51.0 Å². The number of nitrogens with zero attached hydrogens (tertiary/aromatic N) is 3. The highest BCUT2D eigenvalue weighted by atomic mass is 16.5. The molecular weight excluding hydrogens is 346 g/mol. The zero-order valence-electron chi connectivity index (χ0n) is 15.3. The molecule has 1 aliphatic rings. The van der Waals surface area contributed by atoms with Crippen LogP contribution in [-0.2, 0) is 11.3 Å². The first kappa shape index (κ1) is 17.3. The molecule has 0 aliphatic heterocycles. The van der Waals surface area contributed by atoms with Crippen LogP contribution in [0.15, 0.2) is 41.1 Å². The van der Waals surface area contributed by atoms with Gasteiger partial charge in [-0.15, -0.1) is 0 Å². The molecule has 0 bridgehead atoms. The Morgan fingerprint density at radius 3 is 2.81 bits per heavy atom. The lowest BCUT2D eigenvalue weighted by Crippen LogP contribution is -2.14. The Labute approximate surface area is 156 Å². The third-order valence-electron chi connectivity index (χ3n) is 4.77. The Hall–Kier alpha value is -3.09. The Morgan fingerprint density at radius 1 is 1.30 bits per heavy atom. The minimum absolute atomic E-state index is 0.0772. The highest BCUT2D eigenvalue weighted by molar-refractivity contribution is 6.00. The molecule has 3 aromatic heterocycles. The van der Waals surface area contributed by atoms with E-state index in [0.717, 1.165) is 24.2 Å². The zero-order chi connectivity index (χ0) is 19.0. The predicted molar refractivity (Wildman–Crippen MR) is 96.8 cm³/mol. The number of carbonyl (C=O) groups excluding carboxylic acids is 2. The summed E-state index contributed by atoms with van der Waals surface area (Å²) in [5.41, 5.74) is 2.63. The van der Waals surface area contributed by atoms with Gasteiger partial charge in [0.2, 0.25) is 11.5 Å². The number of hydrogen-bond donors (Lipinski definition) is 0. The maximum atomic E-state index is 12.5. The molecule has 140 valence electrons. The average molecular weight is 367 g/mol. The van der Waals surface area contributed by atoms with Gasteiger partial charge in [-0.1, -0.05) is 0 Å². The molecule has 3 heterocycles. The summed E-state index contributed by atoms with van der Waals surface area (Å²) in [7, 11) is 0. The van der Waals surface area contributed by atoms with Gasteiger partial charge in [0.1, 0.15) is 5.76 Å². The number of esters is 1. The van der Waals surface area contributed by atoms with Crippen LogP contribution in [0.2, 0.25) is 0 Å². The molecule has 7 heteroatoms. The average Bonchev–Trinajstić information content (AvgIpc) is 3.05. The standard InChI is InChI=1S/C20H21N3O4/c1-13-10-17(14(2)23(13)15-4-5-15)18(24)12-26-20(25)19-7-6-16(27-19)11-22-9-3-8-21-22/h3,6-10,15H,4-5,11-12H2,1-2H3. The van der Waals surface area contributed by atoms with Crippen molar-refractivity contribution in [2.45, 2.75) is 39.3 Å². The number of ether oxygens (including phenoxy) is 1. The monoisotopic (exact) mass is 367 g/mol. The summed E-state index contributed by atoms with van der Waals surface area (Å²) in [5.74, 6) is -0.184. The summed E-state index contributed by atoms with van der Waals surface area (Å²) < 4.78 is 14.5. The summed E-state index contributed by atoms with van der Waals surface area (Å²) >= 11 is 0. The third kappa shape index (κ3) is 3.58. The second-order valence-electron chi connectivity index (χ2n) is 6.85. The maximum absolute atomic E-state index is 12.5. The molecule has 0 unspecified atom stereocenters. The van der Waals surface area contributed by atoms with Crippen LogP contribution in [0.25, 0.3) is 0 Å². The van der Waals surface area contributed by atoms with Crippen molar-refractivity contribution in [2.24, 2.45) is 0 Å². The first-order valence-electron chi connectivity index (χ1n) is 8.98. The molecule has 27 heavy (non-hydrogen) atoms. The molecule has 0 aromatic carbocycles. The van der Waals surface area contributed by atoms with Crippen LogP contribution in [0.1, 0.15) is 56.9 Å². The second kappa shape index (κ2) is 6.90. The van der Waals surface area contributed by atoms with Gasteiger partial charge in [-0.2, -0.15) is 5.10 Å². The Bertz CT molecular complexity index is 977. The second-order valence-corrected chi connectivity index (χ2v) is 6.85. The van der Waals surface area contributed by atoms with Crippen molar-refractivity contribution >= 4 is 11.8 Å². The minimum atomic E-state index is -0.647. The summed E-state index contributed by atoms with van der Waals surface area (Å²) in [6, 6.07) is 7.43. The number of hydrogen-bond acceptors (Lipinski definition) is 5. The van der Waals surface area contributed by atoms with E-state index in [2.05, 4.69) is 9.67 Å². The van der Waals surface area contributed by atoms with Crippen molar-refractivity contribution < 1.29 is 18.7 Å². The molecule has 0 atom stereocenters. The lowest BCUT2D eigenvalue weighted by molar-refractivity contribution is 0.0442. The largest absolute Gasteiger partial charge is 0.452 e. The minimum Gasteiger partial charge on any atom is -0.452 e. The maximum Gasteiger partial charge on any atom is 0.374 e. The van der Waals surface area contributed by atoms with Gasteiger partial charge >= 0.3 is 5.97 Å². The van der Waals surface area contributed by atoms with Gasteiger partial charge in [0.05, 0.1) is 6.54 Å². The van der Waals surface area contributed by atoms with E-state index in [4.69, 9.17) is 9.15 Å². The van der Waals surface area contributed by atoms with E-state index in [-0.39, 0.29) is 18.2 Å². The third-order valence-corrected chi connectivity index (χ3v) is 4.77. The topological polar surface area (TPSA) is 79.3 Å². The van der Waals surface area contributed by atoms with Gasteiger partial charge in [0.25, 0.3) is 0 Å². The molecule has 1 saturated carbocycles. The van der Waals surface area contributed by atoms with E-state index < -0.39 is 5.97 Å². The highest BCUT2D eigenvalue weighted by Crippen LogP contribution is 2.38. The van der Waals surface area contributed by atoms with Crippen LogP contribution in [0.5, 0.6) is 0 Å². The molecule has 0 N–H and O–H groups in total. The lowest BCUT2D eigenvalue weighted by atomic mass is 10.1. The van der Waals surface area contributed by atoms with Crippen LogP contribution in [0.4, 0.5) is 0 Å². The molecule has 0 radical (unpaired) electrons. The number of ketones is 1. The molecule has 3 aromatic rings. The normalized spacial score (nSPS) is 13.7. The number of Topliss-reactive ketones (excluding diaryl/α,β-unsaturated/α-hetero) is 1. The molecule has 0 amide bonds. The fraction of sp³-hybridized carbons (Fsp3) is 0.350. The molecular formula is C20H21N3O4. The van der Waals surface area contributed by atoms with Crippen molar-refractivity contribution in [3.63, 3.8) is 0 Å². The molecule has 1 aliphatic carbocycles. The SMILES string of the molecule is Cc1cc(C(=O)COC(=O)c2ccc(Cn3cccn3)o2)c(C)n1C1CC1. The Balaban J connectivity index is 1.37. The first-order valence-corrected chi connectivity index (χ1v) is 8.98. The first-order chi connectivity index (χ1) is 13.0. The molecule has 0 spiro atoms. The van der Waals surface area contributed by atoms with Crippen molar-refractivity contribution in [3.8, 4) is 0 Å². The van der Waals surface area contributed by atoms with E-state index in [1.54, 1.807) is 29.2 Å². The van der Waals surface area contributed by atoms with Gasteiger partial charge < -0.3 is 13.7 Å². The number of aryl methyl sites for hydroxylation is 1. The summed E-state index contributed by atoms with van der Waals surface area (Å²) in [6.45, 7) is 4.06. The fourth-order valence-corrected chi connectivity index (χ4v) is 3.36. The molecule has 4 rings (SSSR count). The van der Waals surface area contributed by atoms with Crippen LogP contribution in [0, 0.1) is 13.8 Å². The van der Waals surface area contributed by atoms with E-state index in [9.17, 15) is 9.59 Å². The number of aromatic nitrogens is 3. The van der Waals surface area contributed by atoms with E-state index in [0.29, 0.717) is 23.9 Å². The number of carbonyl (C=O) groups is 2. The van der Waals surface area contributed by atoms with Crippen LogP contribution in [0.3, 0.4) is 0 Å². The summed E-state index contributed by atoms with van der Waals surface area (Å²) in [4.78, 5) is 24.7.